The number of carbonyl (C=O) groups is 5. The molecule has 11 heteroatoms. The average Bonchev–Trinajstić information content (AvgIpc) is 2.49. The van der Waals surface area contributed by atoms with E-state index in [4.69, 9.17) is 18.9 Å². The van der Waals surface area contributed by atoms with E-state index in [0.717, 1.165) is 13.8 Å². The van der Waals surface area contributed by atoms with Crippen molar-refractivity contribution in [1.82, 2.24) is 5.32 Å². The minimum absolute atomic E-state index is 0.165. The van der Waals surface area contributed by atoms with E-state index >= 15 is 0 Å². The van der Waals surface area contributed by atoms with Crippen molar-refractivity contribution in [2.45, 2.75) is 64.0 Å². The molecule has 0 spiro atoms. The Morgan fingerprint density at radius 2 is 1.44 bits per heavy atom. The van der Waals surface area contributed by atoms with Crippen LogP contribution in [-0.4, -0.2) is 79.4 Å². The first-order chi connectivity index (χ1) is 12.5. The van der Waals surface area contributed by atoms with Crippen molar-refractivity contribution < 1.29 is 42.9 Å². The predicted molar refractivity (Wildman–Crippen MR) is 90.4 cm³/mol. The number of rotatable bonds is 7. The molecule has 0 aromatic heterocycles. The van der Waals surface area contributed by atoms with Gasteiger partial charge in [-0.25, -0.2) is 0 Å². The summed E-state index contributed by atoms with van der Waals surface area (Å²) >= 11 is -0.735. The maximum absolute atomic E-state index is 11.7. The summed E-state index contributed by atoms with van der Waals surface area (Å²) in [6.45, 7) is 5.87. The van der Waals surface area contributed by atoms with E-state index in [1.165, 1.54) is 20.8 Å². The van der Waals surface area contributed by atoms with Gasteiger partial charge in [-0.05, 0) is 0 Å². The standard InChI is InChI=1S/C16H23NO9Se/c1-7(18)17-13-15(25-10(4)21)14(24-9(3)20)12(6-23-8(2)19)26-16(13)27-11(5)22/h12-16H,6H2,1-5H3,(H,17,18)/t12-,13-,14-,15-,16+/m1/s1. The Kier molecular flexibility index (Phi) is 8.87. The molecule has 5 atom stereocenters. The van der Waals surface area contributed by atoms with Gasteiger partial charge in [-0.3, -0.25) is 0 Å². The van der Waals surface area contributed by atoms with Gasteiger partial charge in [-0.15, -0.1) is 0 Å². The second-order valence-corrected chi connectivity index (χ2v) is 8.50. The molecule has 0 aromatic rings. The predicted octanol–water partition coefficient (Wildman–Crippen LogP) is -1.11. The number of esters is 3. The summed E-state index contributed by atoms with van der Waals surface area (Å²) in [5.41, 5.74) is 0. The van der Waals surface area contributed by atoms with Crippen LogP contribution in [0.25, 0.3) is 0 Å². The van der Waals surface area contributed by atoms with E-state index < -0.39 is 68.1 Å². The number of hydrogen-bond acceptors (Lipinski definition) is 9. The Labute approximate surface area is 162 Å². The Bertz CT molecular complexity index is 609. The second kappa shape index (κ2) is 10.4. The van der Waals surface area contributed by atoms with Crippen molar-refractivity contribution >= 4 is 43.5 Å². The van der Waals surface area contributed by atoms with Gasteiger partial charge >= 0.3 is 162 Å². The SMILES string of the molecule is CC(=O)N[C@@H]1[C@@H](OC(C)=O)[C@H](OC(C)=O)[C@@H](COC(C)=O)O[C@H]1[Se]C(C)=O. The summed E-state index contributed by atoms with van der Waals surface area (Å²) in [7, 11) is 0. The molecule has 27 heavy (non-hydrogen) atoms. The van der Waals surface area contributed by atoms with Crippen molar-refractivity contribution in [3.05, 3.63) is 0 Å². The van der Waals surface area contributed by atoms with E-state index in [-0.39, 0.29) is 11.3 Å². The van der Waals surface area contributed by atoms with Gasteiger partial charge in [0.1, 0.15) is 0 Å². The zero-order chi connectivity index (χ0) is 20.7. The van der Waals surface area contributed by atoms with E-state index in [9.17, 15) is 24.0 Å². The zero-order valence-corrected chi connectivity index (χ0v) is 17.4. The fourth-order valence-corrected chi connectivity index (χ4v) is 4.43. The summed E-state index contributed by atoms with van der Waals surface area (Å²) in [6, 6.07) is -0.909. The Morgan fingerprint density at radius 3 is 1.89 bits per heavy atom. The second-order valence-electron chi connectivity index (χ2n) is 5.83. The molecule has 1 N–H and O–H groups in total. The molecule has 152 valence electrons. The minimum atomic E-state index is -1.14. The van der Waals surface area contributed by atoms with Crippen molar-refractivity contribution in [3.63, 3.8) is 0 Å². The van der Waals surface area contributed by atoms with Crippen LogP contribution in [0.15, 0.2) is 0 Å². The van der Waals surface area contributed by atoms with Crippen LogP contribution < -0.4 is 5.32 Å². The van der Waals surface area contributed by atoms with E-state index in [1.807, 2.05) is 0 Å². The van der Waals surface area contributed by atoms with Gasteiger partial charge in [0.2, 0.25) is 0 Å². The number of ether oxygens (including phenoxy) is 4. The van der Waals surface area contributed by atoms with Crippen LogP contribution in [0.2, 0.25) is 0 Å². The molecule has 0 aromatic carbocycles. The van der Waals surface area contributed by atoms with Crippen molar-refractivity contribution in [2.24, 2.45) is 0 Å². The molecule has 10 nitrogen and oxygen atoms in total. The molecule has 0 radical (unpaired) electrons. The molecule has 0 bridgehead atoms. The number of amides is 1. The molecule has 0 unspecified atom stereocenters. The van der Waals surface area contributed by atoms with E-state index in [0.29, 0.717) is 0 Å². The molecule has 1 rings (SSSR count). The first-order valence-electron chi connectivity index (χ1n) is 8.08. The first-order valence-corrected chi connectivity index (χ1v) is 9.93. The number of carbonyl (C=O) groups excluding carboxylic acids is 5. The van der Waals surface area contributed by atoms with E-state index in [2.05, 4.69) is 5.32 Å². The molecule has 1 saturated heterocycles. The Balaban J connectivity index is 3.29. The topological polar surface area (TPSA) is 134 Å². The van der Waals surface area contributed by atoms with Crippen molar-refractivity contribution in [3.8, 4) is 0 Å². The fourth-order valence-electron chi connectivity index (χ4n) is 2.55. The number of nitrogens with one attached hydrogen (secondary N) is 1. The molecule has 1 aliphatic heterocycles. The van der Waals surface area contributed by atoms with Gasteiger partial charge in [0.05, 0.1) is 0 Å². The Hall–Kier alpha value is -1.97. The van der Waals surface area contributed by atoms with E-state index in [1.54, 1.807) is 0 Å². The van der Waals surface area contributed by atoms with Gasteiger partial charge in [0.25, 0.3) is 0 Å². The third-order valence-electron chi connectivity index (χ3n) is 3.35. The summed E-state index contributed by atoms with van der Waals surface area (Å²) in [5, 5.41) is 1.79. The molecule has 1 heterocycles. The van der Waals surface area contributed by atoms with Gasteiger partial charge < -0.3 is 0 Å². The first kappa shape index (κ1) is 23.1. The monoisotopic (exact) mass is 453 g/mol. The van der Waals surface area contributed by atoms with Crippen LogP contribution in [0.5, 0.6) is 0 Å². The van der Waals surface area contributed by atoms with Crippen LogP contribution in [0.4, 0.5) is 0 Å². The molecule has 1 fully saturated rings. The summed E-state index contributed by atoms with van der Waals surface area (Å²) in [4.78, 5) is 57.6. The third kappa shape index (κ3) is 7.66. The average molecular weight is 452 g/mol. The summed E-state index contributed by atoms with van der Waals surface area (Å²) in [6.07, 6.45) is -3.23. The van der Waals surface area contributed by atoms with Crippen LogP contribution in [0.3, 0.4) is 0 Å². The maximum atomic E-state index is 11.7. The molecule has 0 aliphatic carbocycles. The molecular formula is C16H23NO9Se. The number of hydrogen-bond donors (Lipinski definition) is 1. The van der Waals surface area contributed by atoms with Crippen molar-refractivity contribution in [1.29, 1.82) is 0 Å². The Morgan fingerprint density at radius 1 is 0.889 bits per heavy atom. The van der Waals surface area contributed by atoms with Gasteiger partial charge in [0.15, 0.2) is 0 Å². The molecule has 1 aliphatic rings. The normalized spacial score (nSPS) is 27.2. The molecular weight excluding hydrogens is 429 g/mol. The van der Waals surface area contributed by atoms with Crippen LogP contribution >= 0.6 is 0 Å². The van der Waals surface area contributed by atoms with Gasteiger partial charge in [-0.1, -0.05) is 0 Å². The quantitative estimate of drug-likeness (QED) is 0.290. The van der Waals surface area contributed by atoms with Gasteiger partial charge in [0, 0.05) is 0 Å². The van der Waals surface area contributed by atoms with Crippen LogP contribution in [-0.2, 0) is 42.9 Å². The fraction of sp³-hybridized carbons (Fsp3) is 0.688. The summed E-state index contributed by atoms with van der Waals surface area (Å²) < 4.78 is 21.2. The summed E-state index contributed by atoms with van der Waals surface area (Å²) in [5.74, 6) is -2.37. The van der Waals surface area contributed by atoms with Crippen molar-refractivity contribution in [2.75, 3.05) is 6.61 Å². The van der Waals surface area contributed by atoms with Crippen LogP contribution in [0, 0.1) is 0 Å². The molecule has 1 amide bonds. The third-order valence-corrected chi connectivity index (χ3v) is 5.39. The molecule has 0 saturated carbocycles. The van der Waals surface area contributed by atoms with Crippen LogP contribution in [0.1, 0.15) is 34.6 Å². The van der Waals surface area contributed by atoms with Gasteiger partial charge in [-0.2, -0.15) is 0 Å². The zero-order valence-electron chi connectivity index (χ0n) is 15.7.